The lowest BCUT2D eigenvalue weighted by atomic mass is 10.00. The van der Waals surface area contributed by atoms with Crippen LogP contribution in [0.15, 0.2) is 12.5 Å². The minimum atomic E-state index is -0.0564. The lowest BCUT2D eigenvalue weighted by Gasteiger charge is -2.37. The molecular weight excluding hydrogens is 252 g/mol. The minimum absolute atomic E-state index is 0.0174. The van der Waals surface area contributed by atoms with Crippen molar-refractivity contribution in [2.75, 3.05) is 0 Å². The molecule has 112 valence electrons. The predicted molar refractivity (Wildman–Crippen MR) is 79.1 cm³/mol. The van der Waals surface area contributed by atoms with E-state index in [0.717, 1.165) is 31.5 Å². The normalized spacial score (nSPS) is 24.2. The van der Waals surface area contributed by atoms with Crippen LogP contribution in [0.3, 0.4) is 0 Å². The Bertz CT molecular complexity index is 454. The predicted octanol–water partition coefficient (Wildman–Crippen LogP) is 2.08. The van der Waals surface area contributed by atoms with Crippen molar-refractivity contribution in [1.29, 1.82) is 0 Å². The van der Waals surface area contributed by atoms with Crippen LogP contribution in [0.4, 0.5) is 0 Å². The van der Waals surface area contributed by atoms with Crippen LogP contribution < -0.4 is 5.73 Å². The Morgan fingerprint density at radius 1 is 1.50 bits per heavy atom. The Balaban J connectivity index is 2.40. The zero-order valence-corrected chi connectivity index (χ0v) is 12.7. The molecule has 0 spiro atoms. The van der Waals surface area contributed by atoms with Gasteiger partial charge in [-0.3, -0.25) is 4.79 Å². The summed E-state index contributed by atoms with van der Waals surface area (Å²) in [6.07, 6.45) is 7.12. The molecule has 0 bridgehead atoms. The molecule has 1 amide bonds. The van der Waals surface area contributed by atoms with Gasteiger partial charge in [0.1, 0.15) is 0 Å². The number of carbonyl (C=O) groups is 1. The van der Waals surface area contributed by atoms with E-state index in [4.69, 9.17) is 5.73 Å². The van der Waals surface area contributed by atoms with Crippen molar-refractivity contribution in [1.82, 2.24) is 14.5 Å². The summed E-state index contributed by atoms with van der Waals surface area (Å²) in [6.45, 7) is 7.17. The molecule has 5 heteroatoms. The third-order valence-corrected chi connectivity index (χ3v) is 3.99. The van der Waals surface area contributed by atoms with Crippen molar-refractivity contribution in [3.63, 3.8) is 0 Å². The maximum atomic E-state index is 12.4. The van der Waals surface area contributed by atoms with Crippen molar-refractivity contribution in [3.05, 3.63) is 18.2 Å². The Hall–Kier alpha value is -1.36. The molecule has 2 rings (SSSR count). The lowest BCUT2D eigenvalue weighted by Crippen LogP contribution is -2.46. The molecule has 2 atom stereocenters. The number of carbonyl (C=O) groups excluding carboxylic acids is 1. The highest BCUT2D eigenvalue weighted by Gasteiger charge is 2.36. The number of aryl methyl sites for hydroxylation is 1. The minimum Gasteiger partial charge on any atom is -0.333 e. The number of aromatic nitrogens is 2. The summed E-state index contributed by atoms with van der Waals surface area (Å²) in [5, 5.41) is 0. The molecule has 1 aliphatic heterocycles. The lowest BCUT2D eigenvalue weighted by molar-refractivity contribution is -0.135. The van der Waals surface area contributed by atoms with E-state index < -0.39 is 0 Å². The number of hydrogen-bond donors (Lipinski definition) is 1. The monoisotopic (exact) mass is 278 g/mol. The van der Waals surface area contributed by atoms with Gasteiger partial charge in [-0.05, 0) is 33.1 Å². The fraction of sp³-hybridized carbons (Fsp3) is 0.733. The van der Waals surface area contributed by atoms with E-state index in [1.54, 1.807) is 0 Å². The standard InChI is InChI=1S/C15H26N4O/c1-4-8-18-10-17-9-13(18)15-12(16)6-5-7-14(20)19(15)11(2)3/h9-12,15H,4-8,16H2,1-3H3. The molecule has 2 heterocycles. The largest absolute Gasteiger partial charge is 0.333 e. The summed E-state index contributed by atoms with van der Waals surface area (Å²) in [5.41, 5.74) is 7.46. The first-order valence-corrected chi connectivity index (χ1v) is 7.63. The molecule has 0 saturated carbocycles. The molecule has 1 aromatic heterocycles. The molecule has 0 aromatic carbocycles. The van der Waals surface area contributed by atoms with Gasteiger partial charge in [-0.1, -0.05) is 6.92 Å². The van der Waals surface area contributed by atoms with E-state index in [1.807, 2.05) is 17.4 Å². The molecule has 1 aliphatic rings. The number of imidazole rings is 1. The van der Waals surface area contributed by atoms with Gasteiger partial charge in [-0.15, -0.1) is 0 Å². The van der Waals surface area contributed by atoms with Crippen LogP contribution in [0.2, 0.25) is 0 Å². The van der Waals surface area contributed by atoms with Crippen LogP contribution in [0.5, 0.6) is 0 Å². The van der Waals surface area contributed by atoms with Crippen molar-refractivity contribution in [2.45, 2.75) is 71.1 Å². The van der Waals surface area contributed by atoms with E-state index in [2.05, 4.69) is 30.3 Å². The quantitative estimate of drug-likeness (QED) is 0.917. The number of rotatable bonds is 4. The Labute approximate surface area is 121 Å². The van der Waals surface area contributed by atoms with E-state index in [1.165, 1.54) is 0 Å². The third kappa shape index (κ3) is 2.87. The molecule has 20 heavy (non-hydrogen) atoms. The number of nitrogens with zero attached hydrogens (tertiary/aromatic N) is 3. The Morgan fingerprint density at radius 2 is 2.25 bits per heavy atom. The zero-order chi connectivity index (χ0) is 14.7. The summed E-state index contributed by atoms with van der Waals surface area (Å²) in [5.74, 6) is 0.210. The van der Waals surface area contributed by atoms with Gasteiger partial charge < -0.3 is 15.2 Å². The fourth-order valence-corrected chi connectivity index (χ4v) is 3.11. The van der Waals surface area contributed by atoms with Crippen LogP contribution in [-0.2, 0) is 11.3 Å². The van der Waals surface area contributed by atoms with Crippen LogP contribution in [0.1, 0.15) is 58.2 Å². The molecule has 2 unspecified atom stereocenters. The van der Waals surface area contributed by atoms with Gasteiger partial charge in [-0.25, -0.2) is 4.98 Å². The molecule has 1 aromatic rings. The first-order valence-electron chi connectivity index (χ1n) is 7.63. The average Bonchev–Trinajstić information content (AvgIpc) is 2.77. The molecule has 1 fully saturated rings. The maximum Gasteiger partial charge on any atom is 0.223 e. The van der Waals surface area contributed by atoms with Gasteiger partial charge in [0.25, 0.3) is 0 Å². The second kappa shape index (κ2) is 6.39. The average molecular weight is 278 g/mol. The summed E-state index contributed by atoms with van der Waals surface area (Å²) in [6, 6.07) is 0.0804. The van der Waals surface area contributed by atoms with Crippen LogP contribution in [0.25, 0.3) is 0 Å². The highest BCUT2D eigenvalue weighted by Crippen LogP contribution is 2.31. The number of amides is 1. The second-order valence-corrected chi connectivity index (χ2v) is 5.91. The summed E-state index contributed by atoms with van der Waals surface area (Å²) in [4.78, 5) is 18.6. The van der Waals surface area contributed by atoms with Gasteiger partial charge in [0.05, 0.1) is 24.3 Å². The fourth-order valence-electron chi connectivity index (χ4n) is 3.11. The van der Waals surface area contributed by atoms with E-state index in [0.29, 0.717) is 6.42 Å². The van der Waals surface area contributed by atoms with E-state index in [-0.39, 0.29) is 24.0 Å². The van der Waals surface area contributed by atoms with Crippen LogP contribution >= 0.6 is 0 Å². The van der Waals surface area contributed by atoms with Crippen molar-refractivity contribution < 1.29 is 4.79 Å². The number of nitrogens with two attached hydrogens (primary N) is 1. The van der Waals surface area contributed by atoms with Crippen molar-refractivity contribution in [3.8, 4) is 0 Å². The molecule has 5 nitrogen and oxygen atoms in total. The van der Waals surface area contributed by atoms with Gasteiger partial charge in [0, 0.05) is 25.0 Å². The van der Waals surface area contributed by atoms with Crippen molar-refractivity contribution >= 4 is 5.91 Å². The smallest absolute Gasteiger partial charge is 0.223 e. The van der Waals surface area contributed by atoms with E-state index >= 15 is 0 Å². The molecule has 0 radical (unpaired) electrons. The highest BCUT2D eigenvalue weighted by atomic mass is 16.2. The Morgan fingerprint density at radius 3 is 2.90 bits per heavy atom. The van der Waals surface area contributed by atoms with Gasteiger partial charge in [0.15, 0.2) is 0 Å². The first kappa shape index (κ1) is 15.0. The van der Waals surface area contributed by atoms with Crippen LogP contribution in [0, 0.1) is 0 Å². The first-order chi connectivity index (χ1) is 9.56. The van der Waals surface area contributed by atoms with Crippen LogP contribution in [-0.4, -0.2) is 32.4 Å². The van der Waals surface area contributed by atoms with Crippen molar-refractivity contribution in [2.24, 2.45) is 5.73 Å². The molecular formula is C15H26N4O. The number of likely N-dealkylation sites (tertiary alicyclic amines) is 1. The van der Waals surface area contributed by atoms with Gasteiger partial charge in [-0.2, -0.15) is 0 Å². The number of hydrogen-bond acceptors (Lipinski definition) is 3. The van der Waals surface area contributed by atoms with Gasteiger partial charge >= 0.3 is 0 Å². The zero-order valence-electron chi connectivity index (χ0n) is 12.7. The van der Waals surface area contributed by atoms with Gasteiger partial charge in [0.2, 0.25) is 5.91 Å². The third-order valence-electron chi connectivity index (χ3n) is 3.99. The topological polar surface area (TPSA) is 64.2 Å². The molecule has 0 aliphatic carbocycles. The highest BCUT2D eigenvalue weighted by molar-refractivity contribution is 5.77. The Kier molecular flexibility index (Phi) is 4.81. The SMILES string of the molecule is CCCn1cncc1C1C(N)CCCC(=O)N1C(C)C. The molecule has 2 N–H and O–H groups in total. The maximum absolute atomic E-state index is 12.4. The summed E-state index contributed by atoms with van der Waals surface area (Å²) >= 11 is 0. The summed E-state index contributed by atoms with van der Waals surface area (Å²) < 4.78 is 2.14. The summed E-state index contributed by atoms with van der Waals surface area (Å²) in [7, 11) is 0. The second-order valence-electron chi connectivity index (χ2n) is 5.91. The van der Waals surface area contributed by atoms with E-state index in [9.17, 15) is 4.79 Å². The molecule has 1 saturated heterocycles.